The summed E-state index contributed by atoms with van der Waals surface area (Å²) >= 11 is 0. The molecule has 1 fully saturated rings. The molecular formula is C41H41NO3Si. The fraction of sp³-hybridized carbons (Fsp3) is 0.220. The van der Waals surface area contributed by atoms with Gasteiger partial charge in [-0.2, -0.15) is 0 Å². The Morgan fingerprint density at radius 2 is 1.15 bits per heavy atom. The fourth-order valence-corrected chi connectivity index (χ4v) is 10.2. The van der Waals surface area contributed by atoms with E-state index in [2.05, 4.69) is 85.9 Å². The molecule has 1 aliphatic rings. The number of hydrogen-bond acceptors (Lipinski definition) is 3. The van der Waals surface area contributed by atoms with Gasteiger partial charge >= 0.3 is 0 Å². The zero-order chi connectivity index (χ0) is 32.0. The molecular weight excluding hydrogens is 583 g/mol. The molecule has 0 radical (unpaired) electrons. The first kappa shape index (κ1) is 31.4. The SMILES string of the molecule is C[Si](C)(c1ccccc1)[C@@H](CC(=O)N1C(=O)CC[C@H]1COC(c1ccccc1)(c1ccccc1)c1ccccc1)c1ccccc1. The third-order valence-electron chi connectivity index (χ3n) is 9.60. The Hall–Kier alpha value is -4.58. The van der Waals surface area contributed by atoms with E-state index in [-0.39, 0.29) is 36.4 Å². The van der Waals surface area contributed by atoms with Crippen molar-refractivity contribution < 1.29 is 14.3 Å². The molecule has 2 amide bonds. The van der Waals surface area contributed by atoms with E-state index in [1.807, 2.05) is 78.9 Å². The van der Waals surface area contributed by atoms with Crippen LogP contribution in [0.15, 0.2) is 152 Å². The maximum absolute atomic E-state index is 14.3. The van der Waals surface area contributed by atoms with Crippen molar-refractivity contribution in [2.45, 2.75) is 49.5 Å². The summed E-state index contributed by atoms with van der Waals surface area (Å²) < 4.78 is 7.09. The van der Waals surface area contributed by atoms with Crippen molar-refractivity contribution in [2.24, 2.45) is 0 Å². The molecule has 2 atom stereocenters. The van der Waals surface area contributed by atoms with Crippen LogP contribution in [0.2, 0.25) is 13.1 Å². The number of nitrogens with zero attached hydrogens (tertiary/aromatic N) is 1. The van der Waals surface area contributed by atoms with Crippen molar-refractivity contribution in [1.82, 2.24) is 4.90 Å². The molecule has 1 heterocycles. The third kappa shape index (κ3) is 6.26. The molecule has 0 aromatic heterocycles. The van der Waals surface area contributed by atoms with Crippen LogP contribution < -0.4 is 5.19 Å². The predicted octanol–water partition coefficient (Wildman–Crippen LogP) is 7.84. The summed E-state index contributed by atoms with van der Waals surface area (Å²) in [5.41, 5.74) is 3.22. The highest BCUT2D eigenvalue weighted by Gasteiger charge is 2.44. The molecule has 5 aromatic carbocycles. The van der Waals surface area contributed by atoms with E-state index in [0.29, 0.717) is 12.8 Å². The summed E-state index contributed by atoms with van der Waals surface area (Å²) in [6.07, 6.45) is 1.19. The number of carbonyl (C=O) groups is 2. The molecule has 0 aliphatic carbocycles. The van der Waals surface area contributed by atoms with Crippen LogP contribution in [0.3, 0.4) is 0 Å². The number of ether oxygens (including phenoxy) is 1. The van der Waals surface area contributed by atoms with Crippen LogP contribution in [0, 0.1) is 0 Å². The van der Waals surface area contributed by atoms with Gasteiger partial charge in [0.2, 0.25) is 11.8 Å². The van der Waals surface area contributed by atoms with Crippen LogP contribution in [0.1, 0.15) is 47.1 Å². The highest BCUT2D eigenvalue weighted by molar-refractivity contribution is 6.91. The zero-order valence-corrected chi connectivity index (χ0v) is 27.6. The minimum Gasteiger partial charge on any atom is -0.359 e. The number of rotatable bonds is 11. The van der Waals surface area contributed by atoms with Gasteiger partial charge in [-0.3, -0.25) is 14.5 Å². The number of carbonyl (C=O) groups excluding carboxylic acids is 2. The normalized spacial score (nSPS) is 15.9. The molecule has 0 N–H and O–H groups in total. The molecule has 0 unspecified atom stereocenters. The standard InChI is InChI=1S/C41H41NO3Si/c1-46(2,37-26-16-7-17-27-37)38(32-18-8-3-9-19-32)30-40(44)42-36(28-29-39(42)43)31-45-41(33-20-10-4-11-21-33,34-22-12-5-13-23-34)35-24-14-6-15-25-35/h3-27,36,38H,28-31H2,1-2H3/t36-,38-/m0/s1. The smallest absolute Gasteiger partial charge is 0.229 e. The first-order valence-corrected chi connectivity index (χ1v) is 19.2. The summed E-state index contributed by atoms with van der Waals surface area (Å²) in [7, 11) is -2.18. The Labute approximate surface area is 273 Å². The molecule has 1 saturated heterocycles. The molecule has 5 heteroatoms. The highest BCUT2D eigenvalue weighted by atomic mass is 28.3. The topological polar surface area (TPSA) is 46.6 Å². The van der Waals surface area contributed by atoms with Crippen LogP contribution in [0.25, 0.3) is 0 Å². The van der Waals surface area contributed by atoms with E-state index >= 15 is 0 Å². The largest absolute Gasteiger partial charge is 0.359 e. The van der Waals surface area contributed by atoms with E-state index in [0.717, 1.165) is 22.3 Å². The fourth-order valence-electron chi connectivity index (χ4n) is 7.05. The summed E-state index contributed by atoms with van der Waals surface area (Å²) in [4.78, 5) is 29.3. The number of amides is 2. The summed E-state index contributed by atoms with van der Waals surface area (Å²) in [5.74, 6) is -0.236. The van der Waals surface area contributed by atoms with Gasteiger partial charge in [0.1, 0.15) is 5.60 Å². The van der Waals surface area contributed by atoms with Crippen LogP contribution in [-0.4, -0.2) is 37.4 Å². The number of likely N-dealkylation sites (tertiary alicyclic amines) is 1. The van der Waals surface area contributed by atoms with Crippen LogP contribution in [0.5, 0.6) is 0 Å². The zero-order valence-electron chi connectivity index (χ0n) is 26.6. The van der Waals surface area contributed by atoms with Crippen LogP contribution in [0.4, 0.5) is 0 Å². The van der Waals surface area contributed by atoms with Gasteiger partial charge in [0.15, 0.2) is 0 Å². The van der Waals surface area contributed by atoms with Gasteiger partial charge < -0.3 is 4.74 Å². The van der Waals surface area contributed by atoms with Gasteiger partial charge in [0.05, 0.1) is 20.7 Å². The second kappa shape index (κ2) is 13.8. The summed E-state index contributed by atoms with van der Waals surface area (Å²) in [6.45, 7) is 4.88. The lowest BCUT2D eigenvalue weighted by Gasteiger charge is -2.38. The van der Waals surface area contributed by atoms with E-state index < -0.39 is 13.7 Å². The van der Waals surface area contributed by atoms with Crippen molar-refractivity contribution in [3.8, 4) is 0 Å². The molecule has 1 aliphatic heterocycles. The number of imide groups is 1. The first-order chi connectivity index (χ1) is 22.4. The lowest BCUT2D eigenvalue weighted by atomic mass is 9.80. The quantitative estimate of drug-likeness (QED) is 0.111. The second-order valence-corrected chi connectivity index (χ2v) is 17.4. The Bertz CT molecular complexity index is 1630. The van der Waals surface area contributed by atoms with E-state index in [9.17, 15) is 9.59 Å². The lowest BCUT2D eigenvalue weighted by molar-refractivity contribution is -0.146. The van der Waals surface area contributed by atoms with E-state index in [4.69, 9.17) is 4.74 Å². The van der Waals surface area contributed by atoms with Gasteiger partial charge in [-0.05, 0) is 34.2 Å². The van der Waals surface area contributed by atoms with Gasteiger partial charge in [-0.15, -0.1) is 0 Å². The minimum absolute atomic E-state index is 0.00983. The van der Waals surface area contributed by atoms with Crippen molar-refractivity contribution in [2.75, 3.05) is 6.61 Å². The maximum atomic E-state index is 14.3. The molecule has 232 valence electrons. The highest BCUT2D eigenvalue weighted by Crippen LogP contribution is 2.41. The number of benzene rings is 5. The molecule has 0 spiro atoms. The molecule has 46 heavy (non-hydrogen) atoms. The predicted molar refractivity (Wildman–Crippen MR) is 187 cm³/mol. The van der Waals surface area contributed by atoms with Gasteiger partial charge in [0, 0.05) is 12.8 Å². The molecule has 0 bridgehead atoms. The van der Waals surface area contributed by atoms with Crippen LogP contribution in [-0.2, 0) is 19.9 Å². The Balaban J connectivity index is 1.33. The van der Waals surface area contributed by atoms with Gasteiger partial charge in [-0.1, -0.05) is 170 Å². The Kier molecular flexibility index (Phi) is 9.43. The summed E-state index contributed by atoms with van der Waals surface area (Å²) in [5, 5.41) is 1.29. The molecule has 5 aromatic rings. The van der Waals surface area contributed by atoms with E-state index in [1.54, 1.807) is 0 Å². The minimum atomic E-state index is -2.18. The third-order valence-corrected chi connectivity index (χ3v) is 13.7. The number of hydrogen-bond donors (Lipinski definition) is 0. The van der Waals surface area contributed by atoms with Gasteiger partial charge in [-0.25, -0.2) is 0 Å². The average molecular weight is 624 g/mol. The average Bonchev–Trinajstić information content (AvgIpc) is 3.49. The van der Waals surface area contributed by atoms with Crippen molar-refractivity contribution in [3.05, 3.63) is 174 Å². The monoisotopic (exact) mass is 623 g/mol. The van der Waals surface area contributed by atoms with Crippen molar-refractivity contribution >= 4 is 25.1 Å². The Morgan fingerprint density at radius 3 is 1.63 bits per heavy atom. The van der Waals surface area contributed by atoms with Crippen molar-refractivity contribution in [3.63, 3.8) is 0 Å². The first-order valence-electron chi connectivity index (χ1n) is 16.2. The molecule has 0 saturated carbocycles. The Morgan fingerprint density at radius 1 is 0.717 bits per heavy atom. The van der Waals surface area contributed by atoms with E-state index in [1.165, 1.54) is 10.1 Å². The molecule has 4 nitrogen and oxygen atoms in total. The van der Waals surface area contributed by atoms with Crippen molar-refractivity contribution in [1.29, 1.82) is 0 Å². The second-order valence-electron chi connectivity index (χ2n) is 12.7. The molecule has 6 rings (SSSR count). The maximum Gasteiger partial charge on any atom is 0.229 e. The van der Waals surface area contributed by atoms with Gasteiger partial charge in [0.25, 0.3) is 0 Å². The van der Waals surface area contributed by atoms with Crippen LogP contribution >= 0.6 is 0 Å². The lowest BCUT2D eigenvalue weighted by Crippen LogP contribution is -2.50. The summed E-state index contributed by atoms with van der Waals surface area (Å²) in [6, 6.07) is 51.2.